The van der Waals surface area contributed by atoms with E-state index in [9.17, 15) is 4.79 Å². The van der Waals surface area contributed by atoms with Crippen LogP contribution in [0.4, 0.5) is 4.79 Å². The first-order valence-electron chi connectivity index (χ1n) is 5.51. The number of hydrogen-bond donors (Lipinski definition) is 0. The average Bonchev–Trinajstić information content (AvgIpc) is 2.24. The lowest BCUT2D eigenvalue weighted by molar-refractivity contribution is -0.0557. The van der Waals surface area contributed by atoms with Gasteiger partial charge in [-0.25, -0.2) is 4.79 Å². The van der Waals surface area contributed by atoms with Gasteiger partial charge in [-0.3, -0.25) is 0 Å². The summed E-state index contributed by atoms with van der Waals surface area (Å²) in [7, 11) is 0.604. The minimum absolute atomic E-state index is 0.280. The molecule has 0 aliphatic carbocycles. The maximum Gasteiger partial charge on any atom is 0.513 e. The van der Waals surface area contributed by atoms with Crippen LogP contribution in [0.15, 0.2) is 12.8 Å². The van der Waals surface area contributed by atoms with E-state index in [-0.39, 0.29) is 6.10 Å². The first-order chi connectivity index (χ1) is 7.47. The summed E-state index contributed by atoms with van der Waals surface area (Å²) in [5, 5.41) is 0. The molecular formula is C11H22O4Si. The molecule has 1 atom stereocenters. The van der Waals surface area contributed by atoms with Crippen LogP contribution in [0.3, 0.4) is 0 Å². The minimum atomic E-state index is -0.720. The van der Waals surface area contributed by atoms with Gasteiger partial charge in [-0.2, -0.15) is 0 Å². The number of carbonyl (C=O) groups excluding carboxylic acids is 1. The summed E-state index contributed by atoms with van der Waals surface area (Å²) in [6.07, 6.45) is 2.87. The Morgan fingerprint density at radius 2 is 2.19 bits per heavy atom. The fourth-order valence-electron chi connectivity index (χ4n) is 1.28. The molecule has 0 aromatic heterocycles. The van der Waals surface area contributed by atoms with Crippen molar-refractivity contribution in [2.24, 2.45) is 0 Å². The molecule has 0 bridgehead atoms. The van der Waals surface area contributed by atoms with Crippen LogP contribution >= 0.6 is 0 Å². The quantitative estimate of drug-likeness (QED) is 0.391. The maximum atomic E-state index is 11.2. The monoisotopic (exact) mass is 246 g/mol. The van der Waals surface area contributed by atoms with Crippen LogP contribution in [0.25, 0.3) is 0 Å². The third-order valence-electron chi connectivity index (χ3n) is 2.54. The minimum Gasteiger partial charge on any atom is -0.428 e. The fourth-order valence-corrected chi connectivity index (χ4v) is 1.54. The fraction of sp³-hybridized carbons (Fsp3) is 0.727. The van der Waals surface area contributed by atoms with Gasteiger partial charge in [0.1, 0.15) is 16.6 Å². The highest BCUT2D eigenvalue weighted by molar-refractivity contribution is 5.98. The molecule has 0 rings (SSSR count). The van der Waals surface area contributed by atoms with Gasteiger partial charge >= 0.3 is 6.16 Å². The maximum absolute atomic E-state index is 11.2. The van der Waals surface area contributed by atoms with E-state index >= 15 is 0 Å². The third kappa shape index (κ3) is 5.32. The molecular weight excluding hydrogens is 224 g/mol. The Morgan fingerprint density at radius 3 is 2.62 bits per heavy atom. The van der Waals surface area contributed by atoms with Gasteiger partial charge in [0.2, 0.25) is 0 Å². The van der Waals surface area contributed by atoms with Crippen LogP contribution in [0.2, 0.25) is 0 Å². The Hall–Kier alpha value is -0.813. The highest BCUT2D eigenvalue weighted by Crippen LogP contribution is 2.22. The topological polar surface area (TPSA) is 44.8 Å². The zero-order chi connectivity index (χ0) is 12.6. The standard InChI is InChI=1S/C11H22O4Si/c1-5-7-8-9(11(3,4)15-16)14-10(12)13-6-2/h6,9H,2,5,7-8H2,1,3-4,16H3. The molecule has 0 N–H and O–H groups in total. The number of rotatable bonds is 7. The third-order valence-corrected chi connectivity index (χ3v) is 3.59. The summed E-state index contributed by atoms with van der Waals surface area (Å²) in [5.41, 5.74) is -0.457. The van der Waals surface area contributed by atoms with Crippen LogP contribution < -0.4 is 0 Å². The smallest absolute Gasteiger partial charge is 0.428 e. The zero-order valence-electron chi connectivity index (χ0n) is 10.6. The second-order valence-corrected chi connectivity index (χ2v) is 4.50. The molecule has 0 heterocycles. The summed E-state index contributed by atoms with van der Waals surface area (Å²) in [6.45, 7) is 9.23. The van der Waals surface area contributed by atoms with Crippen molar-refractivity contribution in [1.82, 2.24) is 0 Å². The van der Waals surface area contributed by atoms with Crippen molar-refractivity contribution in [1.29, 1.82) is 0 Å². The SMILES string of the molecule is C=COC(=O)OC(CCCC)C(C)(C)O[SiH3]. The number of carbonyl (C=O) groups is 1. The first kappa shape index (κ1) is 15.2. The molecule has 4 nitrogen and oxygen atoms in total. The first-order valence-corrected chi connectivity index (χ1v) is 6.32. The molecule has 0 aliphatic heterocycles. The Balaban J connectivity index is 4.41. The molecule has 94 valence electrons. The summed E-state index contributed by atoms with van der Waals surface area (Å²) >= 11 is 0. The van der Waals surface area contributed by atoms with E-state index in [1.165, 1.54) is 0 Å². The van der Waals surface area contributed by atoms with Crippen molar-refractivity contribution in [2.75, 3.05) is 0 Å². The molecule has 5 heteroatoms. The van der Waals surface area contributed by atoms with Gasteiger partial charge < -0.3 is 13.9 Å². The molecule has 0 saturated carbocycles. The molecule has 0 aromatic carbocycles. The second kappa shape index (κ2) is 7.46. The zero-order valence-corrected chi connectivity index (χ0v) is 12.6. The molecule has 1 unspecified atom stereocenters. The van der Waals surface area contributed by atoms with Crippen molar-refractivity contribution < 1.29 is 18.7 Å². The van der Waals surface area contributed by atoms with E-state index in [0.29, 0.717) is 10.5 Å². The largest absolute Gasteiger partial charge is 0.513 e. The van der Waals surface area contributed by atoms with Crippen molar-refractivity contribution in [3.05, 3.63) is 12.8 Å². The van der Waals surface area contributed by atoms with Crippen molar-refractivity contribution >= 4 is 16.6 Å². The van der Waals surface area contributed by atoms with Crippen LogP contribution in [0, 0.1) is 0 Å². The summed E-state index contributed by atoms with van der Waals surface area (Å²) in [4.78, 5) is 11.2. The van der Waals surface area contributed by atoms with E-state index in [1.807, 2.05) is 13.8 Å². The highest BCUT2D eigenvalue weighted by atomic mass is 28.2. The molecule has 0 amide bonds. The lowest BCUT2D eigenvalue weighted by Crippen LogP contribution is -2.41. The molecule has 0 saturated heterocycles. The van der Waals surface area contributed by atoms with Crippen molar-refractivity contribution in [3.8, 4) is 0 Å². The van der Waals surface area contributed by atoms with Crippen LogP contribution in [-0.4, -0.2) is 28.3 Å². The van der Waals surface area contributed by atoms with Gasteiger partial charge in [0.25, 0.3) is 0 Å². The average molecular weight is 246 g/mol. The van der Waals surface area contributed by atoms with Gasteiger partial charge in [-0.15, -0.1) is 0 Å². The van der Waals surface area contributed by atoms with E-state index in [4.69, 9.17) is 9.16 Å². The van der Waals surface area contributed by atoms with Crippen molar-refractivity contribution in [3.63, 3.8) is 0 Å². The Morgan fingerprint density at radius 1 is 1.56 bits per heavy atom. The highest BCUT2D eigenvalue weighted by Gasteiger charge is 2.32. The van der Waals surface area contributed by atoms with Crippen LogP contribution in [-0.2, 0) is 13.9 Å². The van der Waals surface area contributed by atoms with E-state index in [0.717, 1.165) is 25.5 Å². The van der Waals surface area contributed by atoms with Gasteiger partial charge in [-0.05, 0) is 26.7 Å². The normalized spacial score (nSPS) is 13.2. The summed E-state index contributed by atoms with van der Waals surface area (Å²) < 4.78 is 15.2. The van der Waals surface area contributed by atoms with Crippen LogP contribution in [0.5, 0.6) is 0 Å². The Labute approximate surface area is 100 Å². The predicted octanol–water partition coefficient (Wildman–Crippen LogP) is 1.92. The number of ether oxygens (including phenoxy) is 2. The molecule has 0 radical (unpaired) electrons. The summed E-state index contributed by atoms with van der Waals surface area (Å²) in [5.74, 6) is 0. The molecule has 0 aliphatic rings. The van der Waals surface area contributed by atoms with E-state index in [2.05, 4.69) is 18.2 Å². The van der Waals surface area contributed by atoms with E-state index < -0.39 is 11.8 Å². The lowest BCUT2D eigenvalue weighted by Gasteiger charge is -2.32. The van der Waals surface area contributed by atoms with Gasteiger partial charge in [-0.1, -0.05) is 19.9 Å². The van der Waals surface area contributed by atoms with Gasteiger partial charge in [0.15, 0.2) is 0 Å². The number of hydrogen-bond acceptors (Lipinski definition) is 4. The molecule has 0 fully saturated rings. The molecule has 0 spiro atoms. The molecule has 0 aromatic rings. The lowest BCUT2D eigenvalue weighted by atomic mass is 9.97. The van der Waals surface area contributed by atoms with E-state index in [1.54, 1.807) is 0 Å². The van der Waals surface area contributed by atoms with Gasteiger partial charge in [0, 0.05) is 0 Å². The number of unbranched alkanes of at least 4 members (excludes halogenated alkanes) is 1. The Bertz CT molecular complexity index is 228. The van der Waals surface area contributed by atoms with Crippen molar-refractivity contribution in [2.45, 2.75) is 51.7 Å². The van der Waals surface area contributed by atoms with Crippen LogP contribution in [0.1, 0.15) is 40.0 Å². The Kier molecular flexibility index (Phi) is 7.08. The van der Waals surface area contributed by atoms with Gasteiger partial charge in [0.05, 0.1) is 11.9 Å². The predicted molar refractivity (Wildman–Crippen MR) is 66.2 cm³/mol. The molecule has 16 heavy (non-hydrogen) atoms. The second-order valence-electron chi connectivity index (χ2n) is 4.09. The summed E-state index contributed by atoms with van der Waals surface area (Å²) in [6, 6.07) is 0.